The normalized spacial score (nSPS) is 15.0. The van der Waals surface area contributed by atoms with Gasteiger partial charge in [-0.15, -0.1) is 11.6 Å². The van der Waals surface area contributed by atoms with E-state index in [0.29, 0.717) is 23.6 Å². The van der Waals surface area contributed by atoms with Gasteiger partial charge in [-0.25, -0.2) is 13.1 Å². The number of halogens is 1. The quantitative estimate of drug-likeness (QED) is 0.743. The van der Waals surface area contributed by atoms with Gasteiger partial charge in [-0.3, -0.25) is 0 Å². The van der Waals surface area contributed by atoms with E-state index in [1.165, 1.54) is 0 Å². The molecule has 0 saturated carbocycles. The second kappa shape index (κ2) is 7.43. The Bertz CT molecular complexity index is 513. The molecule has 1 atom stereocenters. The zero-order chi connectivity index (χ0) is 15.2. The van der Waals surface area contributed by atoms with Crippen molar-refractivity contribution >= 4 is 21.6 Å². The van der Waals surface area contributed by atoms with Gasteiger partial charge < -0.3 is 0 Å². The van der Waals surface area contributed by atoms with Crippen LogP contribution in [0.5, 0.6) is 0 Å². The van der Waals surface area contributed by atoms with E-state index in [-0.39, 0.29) is 0 Å². The molecule has 0 aromatic heterocycles. The fourth-order valence-corrected chi connectivity index (χ4v) is 3.94. The smallest absolute Gasteiger partial charge is 0.207 e. The SMILES string of the molecule is CCCc1ccc(S(=O)(=O)NC(C)(CC)CCCl)cc1. The van der Waals surface area contributed by atoms with E-state index in [4.69, 9.17) is 11.6 Å². The van der Waals surface area contributed by atoms with Crippen molar-refractivity contribution in [2.24, 2.45) is 0 Å². The monoisotopic (exact) mass is 317 g/mol. The van der Waals surface area contributed by atoms with E-state index >= 15 is 0 Å². The van der Waals surface area contributed by atoms with E-state index in [0.717, 1.165) is 18.4 Å². The fraction of sp³-hybridized carbons (Fsp3) is 0.600. The van der Waals surface area contributed by atoms with Gasteiger partial charge in [0.05, 0.1) is 4.90 Å². The molecule has 0 amide bonds. The van der Waals surface area contributed by atoms with Crippen LogP contribution in [0.15, 0.2) is 29.2 Å². The molecule has 0 aliphatic carbocycles. The minimum absolute atomic E-state index is 0.312. The van der Waals surface area contributed by atoms with Crippen LogP contribution in [0.4, 0.5) is 0 Å². The lowest BCUT2D eigenvalue weighted by atomic mass is 9.97. The largest absolute Gasteiger partial charge is 0.241 e. The Morgan fingerprint density at radius 1 is 1.20 bits per heavy atom. The average molecular weight is 318 g/mol. The molecule has 0 fully saturated rings. The van der Waals surface area contributed by atoms with Gasteiger partial charge in [-0.2, -0.15) is 0 Å². The summed E-state index contributed by atoms with van der Waals surface area (Å²) in [7, 11) is -3.49. The lowest BCUT2D eigenvalue weighted by molar-refractivity contribution is 0.390. The van der Waals surface area contributed by atoms with Crippen LogP contribution in [0.25, 0.3) is 0 Å². The molecule has 0 heterocycles. The van der Waals surface area contributed by atoms with E-state index in [9.17, 15) is 8.42 Å². The molecule has 20 heavy (non-hydrogen) atoms. The second-order valence-electron chi connectivity index (χ2n) is 5.35. The average Bonchev–Trinajstić information content (AvgIpc) is 2.39. The van der Waals surface area contributed by atoms with E-state index in [1.54, 1.807) is 12.1 Å². The van der Waals surface area contributed by atoms with Gasteiger partial charge in [-0.05, 0) is 43.9 Å². The Morgan fingerprint density at radius 2 is 1.80 bits per heavy atom. The maximum absolute atomic E-state index is 12.4. The first-order chi connectivity index (χ1) is 9.37. The molecule has 1 aromatic rings. The summed E-state index contributed by atoms with van der Waals surface area (Å²) < 4.78 is 27.6. The third-order valence-electron chi connectivity index (χ3n) is 3.58. The summed E-state index contributed by atoms with van der Waals surface area (Å²) in [4.78, 5) is 0.312. The zero-order valence-electron chi connectivity index (χ0n) is 12.4. The number of benzene rings is 1. The van der Waals surface area contributed by atoms with Crippen molar-refractivity contribution in [3.63, 3.8) is 0 Å². The fourth-order valence-electron chi connectivity index (χ4n) is 2.02. The van der Waals surface area contributed by atoms with Crippen LogP contribution < -0.4 is 4.72 Å². The molecule has 1 N–H and O–H groups in total. The number of sulfonamides is 1. The highest BCUT2D eigenvalue weighted by Gasteiger charge is 2.28. The molecule has 1 rings (SSSR count). The van der Waals surface area contributed by atoms with Crippen LogP contribution in [0, 0.1) is 0 Å². The van der Waals surface area contributed by atoms with Crippen LogP contribution in [0.1, 0.15) is 45.6 Å². The Hall–Kier alpha value is -0.580. The van der Waals surface area contributed by atoms with Crippen LogP contribution in [0.2, 0.25) is 0 Å². The van der Waals surface area contributed by atoms with Gasteiger partial charge in [0.2, 0.25) is 10.0 Å². The van der Waals surface area contributed by atoms with Crippen LogP contribution in [-0.4, -0.2) is 19.8 Å². The second-order valence-corrected chi connectivity index (χ2v) is 7.41. The number of rotatable bonds is 8. The van der Waals surface area contributed by atoms with Crippen molar-refractivity contribution in [1.82, 2.24) is 4.72 Å². The summed E-state index contributed by atoms with van der Waals surface area (Å²) in [6, 6.07) is 7.10. The van der Waals surface area contributed by atoms with Crippen molar-refractivity contribution in [2.75, 3.05) is 5.88 Å². The van der Waals surface area contributed by atoms with Crippen molar-refractivity contribution in [1.29, 1.82) is 0 Å². The van der Waals surface area contributed by atoms with Crippen LogP contribution in [0.3, 0.4) is 0 Å². The van der Waals surface area contributed by atoms with Gasteiger partial charge in [0, 0.05) is 11.4 Å². The van der Waals surface area contributed by atoms with Gasteiger partial charge in [0.1, 0.15) is 0 Å². The topological polar surface area (TPSA) is 46.2 Å². The standard InChI is InChI=1S/C15H24ClNO2S/c1-4-6-13-7-9-14(10-8-13)20(18,19)17-15(3,5-2)11-12-16/h7-10,17H,4-6,11-12H2,1-3H3. The highest BCUT2D eigenvalue weighted by molar-refractivity contribution is 7.89. The number of nitrogens with one attached hydrogen (secondary N) is 1. The van der Waals surface area contributed by atoms with Gasteiger partial charge in [0.15, 0.2) is 0 Å². The highest BCUT2D eigenvalue weighted by atomic mass is 35.5. The molecule has 0 spiro atoms. The summed E-state index contributed by atoms with van der Waals surface area (Å²) in [6.45, 7) is 5.95. The predicted octanol–water partition coefficient (Wildman–Crippen LogP) is 3.72. The molecule has 1 aromatic carbocycles. The predicted molar refractivity (Wildman–Crippen MR) is 84.8 cm³/mol. The number of alkyl halides is 1. The third-order valence-corrected chi connectivity index (χ3v) is 5.42. The molecular formula is C15H24ClNO2S. The summed E-state index contributed by atoms with van der Waals surface area (Å²) in [5.41, 5.74) is 0.660. The number of aryl methyl sites for hydroxylation is 1. The summed E-state index contributed by atoms with van der Waals surface area (Å²) in [5, 5.41) is 0. The van der Waals surface area contributed by atoms with Gasteiger partial charge >= 0.3 is 0 Å². The molecule has 0 radical (unpaired) electrons. The maximum atomic E-state index is 12.4. The van der Waals surface area contributed by atoms with Crippen molar-refractivity contribution in [2.45, 2.75) is 56.9 Å². The molecule has 114 valence electrons. The molecule has 3 nitrogen and oxygen atoms in total. The summed E-state index contributed by atoms with van der Waals surface area (Å²) >= 11 is 5.76. The Morgan fingerprint density at radius 3 is 2.25 bits per heavy atom. The van der Waals surface area contributed by atoms with Crippen LogP contribution >= 0.6 is 11.6 Å². The lowest BCUT2D eigenvalue weighted by Crippen LogP contribution is -2.45. The molecule has 0 aliphatic rings. The molecule has 0 saturated heterocycles. The highest BCUT2D eigenvalue weighted by Crippen LogP contribution is 2.20. The maximum Gasteiger partial charge on any atom is 0.241 e. The minimum atomic E-state index is -3.49. The Kier molecular flexibility index (Phi) is 6.49. The minimum Gasteiger partial charge on any atom is -0.207 e. The zero-order valence-corrected chi connectivity index (χ0v) is 14.0. The van der Waals surface area contributed by atoms with Crippen LogP contribution in [-0.2, 0) is 16.4 Å². The molecule has 0 aliphatic heterocycles. The first-order valence-corrected chi connectivity index (χ1v) is 9.07. The van der Waals surface area contributed by atoms with E-state index in [2.05, 4.69) is 11.6 Å². The van der Waals surface area contributed by atoms with Crippen molar-refractivity contribution in [3.8, 4) is 0 Å². The van der Waals surface area contributed by atoms with E-state index in [1.807, 2.05) is 26.0 Å². The number of hydrogen-bond acceptors (Lipinski definition) is 2. The summed E-state index contributed by atoms with van der Waals surface area (Å²) in [5.74, 6) is 0.433. The molecule has 0 bridgehead atoms. The first kappa shape index (κ1) is 17.5. The van der Waals surface area contributed by atoms with Crippen molar-refractivity contribution < 1.29 is 8.42 Å². The molecule has 1 unspecified atom stereocenters. The van der Waals surface area contributed by atoms with Gasteiger partial charge in [-0.1, -0.05) is 32.4 Å². The van der Waals surface area contributed by atoms with E-state index < -0.39 is 15.6 Å². The third kappa shape index (κ3) is 4.76. The Balaban J connectivity index is 2.92. The van der Waals surface area contributed by atoms with Crippen molar-refractivity contribution in [3.05, 3.63) is 29.8 Å². The molecular weight excluding hydrogens is 294 g/mol. The summed E-state index contributed by atoms with van der Waals surface area (Å²) in [6.07, 6.45) is 3.33. The molecule has 5 heteroatoms. The Labute approximate surface area is 127 Å². The lowest BCUT2D eigenvalue weighted by Gasteiger charge is -2.28. The van der Waals surface area contributed by atoms with Gasteiger partial charge in [0.25, 0.3) is 0 Å². The first-order valence-electron chi connectivity index (χ1n) is 7.06. The number of hydrogen-bond donors (Lipinski definition) is 1.